The van der Waals surface area contributed by atoms with Crippen LogP contribution >= 0.6 is 23.2 Å². The smallest absolute Gasteiger partial charge is 0.241 e. The second kappa shape index (κ2) is 7.47. The van der Waals surface area contributed by atoms with E-state index in [0.717, 1.165) is 5.56 Å². The Morgan fingerprint density at radius 3 is 2.51 bits per heavy atom. The van der Waals surface area contributed by atoms with Gasteiger partial charge in [0.1, 0.15) is 11.2 Å². The maximum atomic E-state index is 16.0. The first-order chi connectivity index (χ1) is 17.6. The molecular formula is C28H28Cl2FN3O3. The lowest BCUT2D eigenvalue weighted by Gasteiger charge is -2.70. The fourth-order valence-electron chi connectivity index (χ4n) is 9.01. The summed E-state index contributed by atoms with van der Waals surface area (Å²) in [6, 6.07) is 8.94. The molecule has 4 heterocycles. The molecule has 2 saturated carbocycles. The molecule has 0 radical (unpaired) electrons. The fourth-order valence-corrected chi connectivity index (χ4v) is 9.36. The molecule has 3 saturated heterocycles. The molecule has 2 aliphatic carbocycles. The molecule has 2 aromatic carbocycles. The average molecular weight is 544 g/mol. The monoisotopic (exact) mass is 543 g/mol. The molecule has 2 amide bonds. The first-order valence-corrected chi connectivity index (χ1v) is 13.7. The van der Waals surface area contributed by atoms with Gasteiger partial charge in [-0.1, -0.05) is 41.4 Å². The summed E-state index contributed by atoms with van der Waals surface area (Å²) in [5.41, 5.74) is -1.43. The van der Waals surface area contributed by atoms with Crippen molar-refractivity contribution in [2.75, 3.05) is 5.32 Å². The van der Waals surface area contributed by atoms with Gasteiger partial charge in [0, 0.05) is 39.7 Å². The molecule has 37 heavy (non-hydrogen) atoms. The first kappa shape index (κ1) is 23.9. The van der Waals surface area contributed by atoms with Crippen LogP contribution in [0.25, 0.3) is 0 Å². The Morgan fingerprint density at radius 1 is 1.05 bits per heavy atom. The molecule has 5 fully saturated rings. The van der Waals surface area contributed by atoms with Gasteiger partial charge in [-0.25, -0.2) is 4.39 Å². The van der Waals surface area contributed by atoms with Crippen LogP contribution in [0.4, 0.5) is 10.1 Å². The van der Waals surface area contributed by atoms with E-state index >= 15 is 4.39 Å². The fraction of sp³-hybridized carbons (Fsp3) is 0.500. The number of amides is 2. The van der Waals surface area contributed by atoms with E-state index in [-0.39, 0.29) is 34.9 Å². The summed E-state index contributed by atoms with van der Waals surface area (Å²) in [4.78, 5) is 30.5. The van der Waals surface area contributed by atoms with Crippen molar-refractivity contribution < 1.29 is 19.1 Å². The van der Waals surface area contributed by atoms with Crippen LogP contribution in [0.5, 0.6) is 0 Å². The van der Waals surface area contributed by atoms with E-state index in [1.165, 1.54) is 6.07 Å². The standard InChI is InChI=1S/C28H28Cl2FN3O3/c1-26(2)21-22-28(16-11-6-13(29)12-19(16)32-25(28)37)27(21,17-4-3-5-18(30)20(17)31)23(33-22)24(36)34(26)14-7-9-15(35)10-8-14/h3-6,11-12,14-15,21-23,33,35H,7-10H2,1-2H3,(H,32,37)/t14?,15?,21-,22?,23-,27?,28-/m0/s1. The van der Waals surface area contributed by atoms with E-state index < -0.39 is 34.3 Å². The number of piperidine rings is 1. The van der Waals surface area contributed by atoms with Gasteiger partial charge in [-0.3, -0.25) is 9.59 Å². The van der Waals surface area contributed by atoms with Crippen LogP contribution in [0.2, 0.25) is 10.0 Å². The molecule has 2 unspecified atom stereocenters. The minimum absolute atomic E-state index is 0.0174. The molecule has 4 aliphatic heterocycles. The maximum absolute atomic E-state index is 16.0. The number of benzene rings is 2. The van der Waals surface area contributed by atoms with Gasteiger partial charge in [0.15, 0.2) is 0 Å². The molecule has 6 nitrogen and oxygen atoms in total. The number of fused-ring (bicyclic) bond motifs is 1. The van der Waals surface area contributed by atoms with Crippen LogP contribution in [0.15, 0.2) is 36.4 Å². The first-order valence-electron chi connectivity index (χ1n) is 12.9. The van der Waals surface area contributed by atoms with E-state index in [2.05, 4.69) is 10.6 Å². The van der Waals surface area contributed by atoms with Crippen LogP contribution in [-0.4, -0.2) is 51.6 Å². The number of hydrogen-bond acceptors (Lipinski definition) is 4. The summed E-state index contributed by atoms with van der Waals surface area (Å²) in [6.07, 6.45) is 2.37. The number of aliphatic hydroxyl groups is 1. The van der Waals surface area contributed by atoms with E-state index in [4.69, 9.17) is 23.2 Å². The second-order valence-electron chi connectivity index (χ2n) is 11.8. The Balaban J connectivity index is 1.47. The number of carbonyl (C=O) groups is 2. The summed E-state index contributed by atoms with van der Waals surface area (Å²) in [5, 5.41) is 17.1. The highest BCUT2D eigenvalue weighted by Gasteiger charge is 2.91. The maximum Gasteiger partial charge on any atom is 0.241 e. The number of likely N-dealkylation sites (tertiary alicyclic amines) is 1. The summed E-state index contributed by atoms with van der Waals surface area (Å²) in [6.45, 7) is 4.08. The predicted molar refractivity (Wildman–Crippen MR) is 138 cm³/mol. The van der Waals surface area contributed by atoms with Gasteiger partial charge >= 0.3 is 0 Å². The van der Waals surface area contributed by atoms with Gasteiger partial charge in [-0.15, -0.1) is 0 Å². The second-order valence-corrected chi connectivity index (χ2v) is 12.6. The molecule has 0 aromatic heterocycles. The Hall–Kier alpha value is -2.19. The van der Waals surface area contributed by atoms with E-state index in [9.17, 15) is 14.7 Å². The normalized spacial score (nSPS) is 39.0. The van der Waals surface area contributed by atoms with Crippen molar-refractivity contribution >= 4 is 40.7 Å². The lowest BCUT2D eigenvalue weighted by Crippen LogP contribution is -2.84. The zero-order chi connectivity index (χ0) is 26.1. The highest BCUT2D eigenvalue weighted by Crippen LogP contribution is 2.76. The number of aliphatic hydroxyl groups excluding tert-OH is 1. The van der Waals surface area contributed by atoms with Crippen molar-refractivity contribution in [2.45, 2.75) is 80.1 Å². The molecule has 4 bridgehead atoms. The van der Waals surface area contributed by atoms with Gasteiger partial charge in [-0.2, -0.15) is 0 Å². The Morgan fingerprint density at radius 2 is 1.78 bits per heavy atom. The Labute approximate surface area is 224 Å². The molecule has 8 rings (SSSR count). The number of anilines is 1. The molecular weight excluding hydrogens is 516 g/mol. The van der Waals surface area contributed by atoms with Crippen LogP contribution in [0.1, 0.15) is 50.7 Å². The minimum Gasteiger partial charge on any atom is -0.393 e. The quantitative estimate of drug-likeness (QED) is 0.531. The van der Waals surface area contributed by atoms with E-state index in [1.807, 2.05) is 24.8 Å². The molecule has 2 aromatic rings. The van der Waals surface area contributed by atoms with E-state index in [1.54, 1.807) is 24.3 Å². The molecule has 5 atom stereocenters. The molecule has 194 valence electrons. The third-order valence-electron chi connectivity index (χ3n) is 10.1. The molecule has 6 aliphatic rings. The third-order valence-corrected chi connectivity index (χ3v) is 10.6. The molecule has 1 spiro atoms. The SMILES string of the molecule is CC1(C)[C@@H]2C3N[C@@H](C(=O)N1C1CCC(O)CC1)C2(c1cccc(Cl)c1F)[C@]31C(=O)Nc2cc(Cl)ccc21. The van der Waals surface area contributed by atoms with Crippen molar-refractivity contribution in [1.82, 2.24) is 10.2 Å². The van der Waals surface area contributed by atoms with E-state index in [0.29, 0.717) is 42.0 Å². The summed E-state index contributed by atoms with van der Waals surface area (Å²) in [7, 11) is 0. The Kier molecular flexibility index (Phi) is 4.82. The van der Waals surface area contributed by atoms with Gasteiger partial charge in [0.25, 0.3) is 0 Å². The van der Waals surface area contributed by atoms with Crippen LogP contribution < -0.4 is 10.6 Å². The molecule has 3 N–H and O–H groups in total. The number of halogens is 3. The summed E-state index contributed by atoms with van der Waals surface area (Å²) >= 11 is 12.6. The topological polar surface area (TPSA) is 81.7 Å². The third kappa shape index (κ3) is 2.55. The molecule has 9 heteroatoms. The van der Waals surface area contributed by atoms with Crippen molar-refractivity contribution in [3.05, 3.63) is 63.4 Å². The largest absolute Gasteiger partial charge is 0.393 e. The number of hydrogen-bond donors (Lipinski definition) is 3. The predicted octanol–water partition coefficient (Wildman–Crippen LogP) is 4.15. The number of carbonyl (C=O) groups excluding carboxylic acids is 2. The van der Waals surface area contributed by atoms with Crippen LogP contribution in [-0.2, 0) is 20.4 Å². The zero-order valence-electron chi connectivity index (χ0n) is 20.5. The van der Waals surface area contributed by atoms with Crippen LogP contribution in [0, 0.1) is 11.7 Å². The minimum atomic E-state index is -1.18. The van der Waals surface area contributed by atoms with Crippen molar-refractivity contribution in [3.8, 4) is 0 Å². The number of nitrogens with one attached hydrogen (secondary N) is 2. The average Bonchev–Trinajstić information content (AvgIpc) is 3.44. The van der Waals surface area contributed by atoms with Gasteiger partial charge in [0.2, 0.25) is 11.8 Å². The lowest BCUT2D eigenvalue weighted by atomic mass is 9.34. The number of nitrogens with zero attached hydrogens (tertiary/aromatic N) is 1. The summed E-state index contributed by atoms with van der Waals surface area (Å²) < 4.78 is 16.0. The van der Waals surface area contributed by atoms with Crippen molar-refractivity contribution in [2.24, 2.45) is 5.92 Å². The Bertz CT molecular complexity index is 1380. The summed E-state index contributed by atoms with van der Waals surface area (Å²) in [5.74, 6) is -1.22. The van der Waals surface area contributed by atoms with Gasteiger partial charge in [0.05, 0.1) is 17.2 Å². The van der Waals surface area contributed by atoms with Crippen LogP contribution in [0.3, 0.4) is 0 Å². The highest BCUT2D eigenvalue weighted by atomic mass is 35.5. The number of rotatable bonds is 2. The zero-order valence-corrected chi connectivity index (χ0v) is 22.0. The van der Waals surface area contributed by atoms with Crippen molar-refractivity contribution in [3.63, 3.8) is 0 Å². The highest BCUT2D eigenvalue weighted by molar-refractivity contribution is 6.31. The van der Waals surface area contributed by atoms with Crippen molar-refractivity contribution in [1.29, 1.82) is 0 Å². The van der Waals surface area contributed by atoms with Gasteiger partial charge < -0.3 is 20.6 Å². The lowest BCUT2D eigenvalue weighted by molar-refractivity contribution is -0.176. The van der Waals surface area contributed by atoms with Gasteiger partial charge in [-0.05, 0) is 68.9 Å².